The van der Waals surface area contributed by atoms with E-state index in [9.17, 15) is 9.18 Å². The van der Waals surface area contributed by atoms with Gasteiger partial charge in [0.1, 0.15) is 11.6 Å². The predicted octanol–water partition coefficient (Wildman–Crippen LogP) is 4.19. The standard InChI is InChI=1S/C16H15ClFNO2/c1-10-9-12(7-8-13(10)17)21-11(2)16(20)19-15-6-4-3-5-14(15)18/h3-9,11H,1-2H3,(H,19,20). The Morgan fingerprint density at radius 2 is 2.00 bits per heavy atom. The maximum Gasteiger partial charge on any atom is 0.265 e. The van der Waals surface area contributed by atoms with Gasteiger partial charge in [0, 0.05) is 5.02 Å². The van der Waals surface area contributed by atoms with Gasteiger partial charge in [-0.15, -0.1) is 0 Å². The minimum atomic E-state index is -0.759. The predicted molar refractivity (Wildman–Crippen MR) is 81.3 cm³/mol. The number of rotatable bonds is 4. The number of benzene rings is 2. The summed E-state index contributed by atoms with van der Waals surface area (Å²) >= 11 is 5.93. The molecule has 1 unspecified atom stereocenters. The molecule has 0 aliphatic heterocycles. The highest BCUT2D eigenvalue weighted by Gasteiger charge is 2.16. The normalized spacial score (nSPS) is 11.8. The Morgan fingerprint density at radius 1 is 1.29 bits per heavy atom. The summed E-state index contributed by atoms with van der Waals surface area (Å²) in [7, 11) is 0. The first-order valence-electron chi connectivity index (χ1n) is 6.45. The molecule has 0 spiro atoms. The maximum absolute atomic E-state index is 13.5. The third kappa shape index (κ3) is 3.95. The minimum absolute atomic E-state index is 0.130. The first-order valence-corrected chi connectivity index (χ1v) is 6.83. The van der Waals surface area contributed by atoms with E-state index >= 15 is 0 Å². The van der Waals surface area contributed by atoms with Crippen LogP contribution in [0.5, 0.6) is 5.75 Å². The lowest BCUT2D eigenvalue weighted by Crippen LogP contribution is -2.30. The number of nitrogens with one attached hydrogen (secondary N) is 1. The van der Waals surface area contributed by atoms with Crippen molar-refractivity contribution in [2.24, 2.45) is 0 Å². The van der Waals surface area contributed by atoms with Crippen LogP contribution in [0.25, 0.3) is 0 Å². The minimum Gasteiger partial charge on any atom is -0.481 e. The first kappa shape index (κ1) is 15.3. The number of ether oxygens (including phenoxy) is 1. The lowest BCUT2D eigenvalue weighted by molar-refractivity contribution is -0.122. The zero-order valence-corrected chi connectivity index (χ0v) is 12.4. The van der Waals surface area contributed by atoms with E-state index in [1.807, 2.05) is 6.92 Å². The highest BCUT2D eigenvalue weighted by atomic mass is 35.5. The summed E-state index contributed by atoms with van der Waals surface area (Å²) in [6.07, 6.45) is -0.759. The van der Waals surface area contributed by atoms with Gasteiger partial charge in [0.25, 0.3) is 5.91 Å². The van der Waals surface area contributed by atoms with Crippen LogP contribution in [-0.2, 0) is 4.79 Å². The lowest BCUT2D eigenvalue weighted by Gasteiger charge is -2.15. The lowest BCUT2D eigenvalue weighted by atomic mass is 10.2. The van der Waals surface area contributed by atoms with E-state index in [0.29, 0.717) is 10.8 Å². The van der Waals surface area contributed by atoms with Gasteiger partial charge in [0.15, 0.2) is 6.10 Å². The van der Waals surface area contributed by atoms with Crippen LogP contribution >= 0.6 is 11.6 Å². The molecule has 5 heteroatoms. The van der Waals surface area contributed by atoms with Crippen LogP contribution in [0.1, 0.15) is 12.5 Å². The van der Waals surface area contributed by atoms with Crippen molar-refractivity contribution in [3.05, 3.63) is 58.9 Å². The number of amides is 1. The van der Waals surface area contributed by atoms with Crippen LogP contribution in [0, 0.1) is 12.7 Å². The average Bonchev–Trinajstić information content (AvgIpc) is 2.45. The molecule has 1 amide bonds. The zero-order valence-electron chi connectivity index (χ0n) is 11.7. The summed E-state index contributed by atoms with van der Waals surface area (Å²) in [6.45, 7) is 3.44. The van der Waals surface area contributed by atoms with E-state index in [0.717, 1.165) is 5.56 Å². The number of halogens is 2. The molecule has 1 N–H and O–H groups in total. The summed E-state index contributed by atoms with van der Waals surface area (Å²) < 4.78 is 19.0. The van der Waals surface area contributed by atoms with Gasteiger partial charge < -0.3 is 10.1 Å². The Bertz CT molecular complexity index is 660. The van der Waals surface area contributed by atoms with Gasteiger partial charge in [-0.2, -0.15) is 0 Å². The molecule has 0 aliphatic rings. The summed E-state index contributed by atoms with van der Waals surface area (Å²) in [4.78, 5) is 12.0. The topological polar surface area (TPSA) is 38.3 Å². The molecular formula is C16H15ClFNO2. The smallest absolute Gasteiger partial charge is 0.265 e. The molecule has 0 aliphatic carbocycles. The van der Waals surface area contributed by atoms with Crippen molar-refractivity contribution in [2.45, 2.75) is 20.0 Å². The van der Waals surface area contributed by atoms with Crippen LogP contribution in [0.2, 0.25) is 5.02 Å². The number of carbonyl (C=O) groups is 1. The molecule has 2 rings (SSSR count). The van der Waals surface area contributed by atoms with E-state index in [2.05, 4.69) is 5.32 Å². The van der Waals surface area contributed by atoms with Crippen molar-refractivity contribution in [2.75, 3.05) is 5.32 Å². The van der Waals surface area contributed by atoms with E-state index in [1.54, 1.807) is 37.3 Å². The largest absolute Gasteiger partial charge is 0.481 e. The molecule has 0 aromatic heterocycles. The molecule has 2 aromatic rings. The SMILES string of the molecule is Cc1cc(OC(C)C(=O)Nc2ccccc2F)ccc1Cl. The Labute approximate surface area is 127 Å². The average molecular weight is 308 g/mol. The highest BCUT2D eigenvalue weighted by molar-refractivity contribution is 6.31. The molecule has 21 heavy (non-hydrogen) atoms. The molecule has 1 atom stereocenters. The molecule has 0 bridgehead atoms. The molecular weight excluding hydrogens is 293 g/mol. The fourth-order valence-electron chi connectivity index (χ4n) is 1.75. The fraction of sp³-hybridized carbons (Fsp3) is 0.188. The molecule has 0 saturated carbocycles. The van der Waals surface area contributed by atoms with E-state index in [1.165, 1.54) is 12.1 Å². The molecule has 2 aromatic carbocycles. The molecule has 0 saturated heterocycles. The second-order valence-electron chi connectivity index (χ2n) is 4.64. The maximum atomic E-state index is 13.5. The number of carbonyl (C=O) groups excluding carboxylic acids is 1. The third-order valence-corrected chi connectivity index (χ3v) is 3.37. The van der Waals surface area contributed by atoms with Crippen molar-refractivity contribution in [3.63, 3.8) is 0 Å². The summed E-state index contributed by atoms with van der Waals surface area (Å²) in [5.41, 5.74) is 0.987. The molecule has 3 nitrogen and oxygen atoms in total. The van der Waals surface area contributed by atoms with Crippen LogP contribution in [0.4, 0.5) is 10.1 Å². The highest BCUT2D eigenvalue weighted by Crippen LogP contribution is 2.22. The van der Waals surface area contributed by atoms with Crippen molar-refractivity contribution >= 4 is 23.2 Å². The second kappa shape index (κ2) is 6.59. The van der Waals surface area contributed by atoms with Gasteiger partial charge in [-0.3, -0.25) is 4.79 Å². The van der Waals surface area contributed by atoms with Crippen LogP contribution in [0.15, 0.2) is 42.5 Å². The van der Waals surface area contributed by atoms with Crippen molar-refractivity contribution < 1.29 is 13.9 Å². The molecule has 110 valence electrons. The number of hydrogen-bond donors (Lipinski definition) is 1. The number of anilines is 1. The Kier molecular flexibility index (Phi) is 4.81. The number of para-hydroxylation sites is 1. The molecule has 0 fully saturated rings. The van der Waals surface area contributed by atoms with Crippen molar-refractivity contribution in [1.82, 2.24) is 0 Å². The van der Waals surface area contributed by atoms with Crippen LogP contribution in [0.3, 0.4) is 0 Å². The number of hydrogen-bond acceptors (Lipinski definition) is 2. The molecule has 0 heterocycles. The Balaban J connectivity index is 2.02. The van der Waals surface area contributed by atoms with Gasteiger partial charge in [-0.1, -0.05) is 23.7 Å². The van der Waals surface area contributed by atoms with E-state index in [4.69, 9.17) is 16.3 Å². The van der Waals surface area contributed by atoms with Gasteiger partial charge in [-0.05, 0) is 49.7 Å². The number of aryl methyl sites for hydroxylation is 1. The Morgan fingerprint density at radius 3 is 2.67 bits per heavy atom. The Hall–Kier alpha value is -2.07. The van der Waals surface area contributed by atoms with Crippen molar-refractivity contribution in [1.29, 1.82) is 0 Å². The quantitative estimate of drug-likeness (QED) is 0.919. The monoisotopic (exact) mass is 307 g/mol. The summed E-state index contributed by atoms with van der Waals surface area (Å²) in [5, 5.41) is 3.12. The summed E-state index contributed by atoms with van der Waals surface area (Å²) in [5.74, 6) is -0.374. The van der Waals surface area contributed by atoms with E-state index < -0.39 is 17.8 Å². The van der Waals surface area contributed by atoms with Gasteiger partial charge in [0.2, 0.25) is 0 Å². The van der Waals surface area contributed by atoms with Gasteiger partial charge in [-0.25, -0.2) is 4.39 Å². The van der Waals surface area contributed by atoms with E-state index in [-0.39, 0.29) is 5.69 Å². The van der Waals surface area contributed by atoms with Crippen molar-refractivity contribution in [3.8, 4) is 5.75 Å². The zero-order chi connectivity index (χ0) is 15.4. The first-order chi connectivity index (χ1) is 9.97. The third-order valence-electron chi connectivity index (χ3n) is 2.94. The fourth-order valence-corrected chi connectivity index (χ4v) is 1.86. The summed E-state index contributed by atoms with van der Waals surface area (Å²) in [6, 6.07) is 11.1. The second-order valence-corrected chi connectivity index (χ2v) is 5.05. The van der Waals surface area contributed by atoms with Gasteiger partial charge >= 0.3 is 0 Å². The van der Waals surface area contributed by atoms with Gasteiger partial charge in [0.05, 0.1) is 5.69 Å². The van der Waals surface area contributed by atoms with Crippen LogP contribution < -0.4 is 10.1 Å². The van der Waals surface area contributed by atoms with Crippen LogP contribution in [-0.4, -0.2) is 12.0 Å². The molecule has 0 radical (unpaired) electrons.